The lowest BCUT2D eigenvalue weighted by Crippen LogP contribution is -2.21. The molecule has 0 fully saturated rings. The molecule has 0 radical (unpaired) electrons. The van der Waals surface area contributed by atoms with Crippen molar-refractivity contribution in [2.75, 3.05) is 11.9 Å². The molecule has 0 aliphatic rings. The van der Waals surface area contributed by atoms with Crippen LogP contribution in [0.2, 0.25) is 5.02 Å². The van der Waals surface area contributed by atoms with Crippen LogP contribution >= 0.6 is 11.6 Å². The Kier molecular flexibility index (Phi) is 5.66. The standard InChI is InChI=1S/C16H10ClN3O5/c17-13-5-4-11(7-14(13)20(23)24)16(22)25-9-15(21)19-12-3-1-2-10(6-12)8-18/h1-7H,9H2,(H,19,21). The molecule has 25 heavy (non-hydrogen) atoms. The van der Waals surface area contributed by atoms with Crippen molar-refractivity contribution in [2.24, 2.45) is 0 Å². The quantitative estimate of drug-likeness (QED) is 0.497. The van der Waals surface area contributed by atoms with Gasteiger partial charge in [0.05, 0.1) is 22.1 Å². The van der Waals surface area contributed by atoms with Gasteiger partial charge >= 0.3 is 5.97 Å². The second-order valence-corrected chi connectivity index (χ2v) is 5.15. The van der Waals surface area contributed by atoms with E-state index < -0.39 is 29.1 Å². The summed E-state index contributed by atoms with van der Waals surface area (Å²) in [6.07, 6.45) is 0. The molecule has 9 heteroatoms. The van der Waals surface area contributed by atoms with E-state index in [0.29, 0.717) is 11.3 Å². The molecule has 0 aliphatic heterocycles. The number of hydrogen-bond donors (Lipinski definition) is 1. The van der Waals surface area contributed by atoms with Crippen molar-refractivity contribution in [3.63, 3.8) is 0 Å². The van der Waals surface area contributed by atoms with E-state index in [4.69, 9.17) is 21.6 Å². The summed E-state index contributed by atoms with van der Waals surface area (Å²) in [7, 11) is 0. The summed E-state index contributed by atoms with van der Waals surface area (Å²) in [5.74, 6) is -1.52. The summed E-state index contributed by atoms with van der Waals surface area (Å²) in [6.45, 7) is -0.591. The predicted octanol–water partition coefficient (Wildman–Crippen LogP) is 2.92. The number of nitro benzene ring substituents is 1. The molecule has 0 spiro atoms. The minimum Gasteiger partial charge on any atom is -0.452 e. The normalized spacial score (nSPS) is 9.76. The lowest BCUT2D eigenvalue weighted by atomic mass is 10.2. The Balaban J connectivity index is 1.97. The number of carbonyl (C=O) groups is 2. The third-order valence-electron chi connectivity index (χ3n) is 2.99. The Bertz CT molecular complexity index is 892. The van der Waals surface area contributed by atoms with Gasteiger partial charge in [-0.1, -0.05) is 17.7 Å². The molecule has 0 atom stereocenters. The van der Waals surface area contributed by atoms with Crippen LogP contribution in [0.15, 0.2) is 42.5 Å². The van der Waals surface area contributed by atoms with Crippen LogP contribution in [0.5, 0.6) is 0 Å². The highest BCUT2D eigenvalue weighted by atomic mass is 35.5. The van der Waals surface area contributed by atoms with Crippen LogP contribution in [-0.2, 0) is 9.53 Å². The molecule has 0 unspecified atom stereocenters. The lowest BCUT2D eigenvalue weighted by molar-refractivity contribution is -0.384. The summed E-state index contributed by atoms with van der Waals surface area (Å²) in [4.78, 5) is 33.7. The Hall–Kier alpha value is -3.44. The first-order valence-corrected chi connectivity index (χ1v) is 7.19. The number of nitrogens with one attached hydrogen (secondary N) is 1. The van der Waals surface area contributed by atoms with Crippen LogP contribution < -0.4 is 5.32 Å². The van der Waals surface area contributed by atoms with Crippen LogP contribution in [0.3, 0.4) is 0 Å². The largest absolute Gasteiger partial charge is 0.452 e. The first kappa shape index (κ1) is 17.9. The molecule has 1 amide bonds. The minimum atomic E-state index is -0.902. The summed E-state index contributed by atoms with van der Waals surface area (Å²) in [5.41, 5.74) is 0.203. The number of carbonyl (C=O) groups excluding carboxylic acids is 2. The summed E-state index contributed by atoms with van der Waals surface area (Å²) < 4.78 is 4.81. The number of anilines is 1. The van der Waals surface area contributed by atoms with Gasteiger partial charge in [-0.15, -0.1) is 0 Å². The topological polar surface area (TPSA) is 122 Å². The highest BCUT2D eigenvalue weighted by molar-refractivity contribution is 6.32. The molecule has 8 nitrogen and oxygen atoms in total. The van der Waals surface area contributed by atoms with E-state index in [1.807, 2.05) is 6.07 Å². The van der Waals surface area contributed by atoms with Gasteiger partial charge in [0.2, 0.25) is 0 Å². The van der Waals surface area contributed by atoms with Gasteiger partial charge in [0.15, 0.2) is 6.61 Å². The van der Waals surface area contributed by atoms with Crippen molar-refractivity contribution >= 4 is 34.9 Å². The maximum absolute atomic E-state index is 11.9. The number of nitrogens with zero attached hydrogens (tertiary/aromatic N) is 2. The molecule has 0 aromatic heterocycles. The molecule has 0 saturated heterocycles. The van der Waals surface area contributed by atoms with E-state index >= 15 is 0 Å². The second kappa shape index (κ2) is 7.90. The predicted molar refractivity (Wildman–Crippen MR) is 88.2 cm³/mol. The third kappa shape index (κ3) is 4.76. The zero-order chi connectivity index (χ0) is 18.4. The van der Waals surface area contributed by atoms with Gasteiger partial charge in [-0.25, -0.2) is 4.79 Å². The molecule has 2 aromatic carbocycles. The molecular weight excluding hydrogens is 350 g/mol. The van der Waals surface area contributed by atoms with Crippen molar-refractivity contribution in [2.45, 2.75) is 0 Å². The molecule has 1 N–H and O–H groups in total. The lowest BCUT2D eigenvalue weighted by Gasteiger charge is -2.07. The number of halogens is 1. The van der Waals surface area contributed by atoms with Crippen LogP contribution in [0.4, 0.5) is 11.4 Å². The minimum absolute atomic E-state index is 0.102. The highest BCUT2D eigenvalue weighted by Gasteiger charge is 2.18. The fraction of sp³-hybridized carbons (Fsp3) is 0.0625. The molecule has 2 aromatic rings. The molecule has 0 heterocycles. The van der Waals surface area contributed by atoms with Gasteiger partial charge in [-0.05, 0) is 30.3 Å². The third-order valence-corrected chi connectivity index (χ3v) is 3.31. The molecular formula is C16H10ClN3O5. The zero-order valence-corrected chi connectivity index (χ0v) is 13.3. The first-order valence-electron chi connectivity index (χ1n) is 6.82. The maximum atomic E-state index is 11.9. The van der Waals surface area contributed by atoms with Crippen LogP contribution in [0.1, 0.15) is 15.9 Å². The molecule has 126 valence electrons. The number of esters is 1. The molecule has 0 saturated carbocycles. The van der Waals surface area contributed by atoms with E-state index in [2.05, 4.69) is 5.32 Å². The van der Waals surface area contributed by atoms with Gasteiger partial charge in [0.25, 0.3) is 11.6 Å². The van der Waals surface area contributed by atoms with E-state index in [9.17, 15) is 19.7 Å². The van der Waals surface area contributed by atoms with E-state index in [0.717, 1.165) is 6.07 Å². The Labute approximate surface area is 146 Å². The van der Waals surface area contributed by atoms with Crippen LogP contribution in [-0.4, -0.2) is 23.4 Å². The Morgan fingerprint density at radius 3 is 2.72 bits per heavy atom. The molecule has 2 rings (SSSR count). The fourth-order valence-electron chi connectivity index (χ4n) is 1.86. The van der Waals surface area contributed by atoms with E-state index in [1.54, 1.807) is 18.2 Å². The number of benzene rings is 2. The van der Waals surface area contributed by atoms with Crippen molar-refractivity contribution in [3.05, 3.63) is 68.7 Å². The van der Waals surface area contributed by atoms with Crippen molar-refractivity contribution in [3.8, 4) is 6.07 Å². The molecule has 0 bridgehead atoms. The zero-order valence-electron chi connectivity index (χ0n) is 12.6. The maximum Gasteiger partial charge on any atom is 0.338 e. The van der Waals surface area contributed by atoms with Gasteiger partial charge in [-0.3, -0.25) is 14.9 Å². The highest BCUT2D eigenvalue weighted by Crippen LogP contribution is 2.25. The average Bonchev–Trinajstić information content (AvgIpc) is 2.60. The summed E-state index contributed by atoms with van der Waals surface area (Å²) in [5, 5.41) is 21.9. The molecule has 0 aliphatic carbocycles. The van der Waals surface area contributed by atoms with E-state index in [-0.39, 0.29) is 10.6 Å². The Morgan fingerprint density at radius 1 is 1.28 bits per heavy atom. The number of hydrogen-bond acceptors (Lipinski definition) is 6. The van der Waals surface area contributed by atoms with Crippen LogP contribution in [0, 0.1) is 21.4 Å². The Morgan fingerprint density at radius 2 is 2.04 bits per heavy atom. The SMILES string of the molecule is N#Cc1cccc(NC(=O)COC(=O)c2ccc(Cl)c([N+](=O)[O-])c2)c1. The van der Waals surface area contributed by atoms with Gasteiger partial charge in [0.1, 0.15) is 5.02 Å². The van der Waals surface area contributed by atoms with E-state index in [1.165, 1.54) is 18.2 Å². The fourth-order valence-corrected chi connectivity index (χ4v) is 2.04. The number of amides is 1. The van der Waals surface area contributed by atoms with Crippen molar-refractivity contribution in [1.82, 2.24) is 0 Å². The first-order chi connectivity index (χ1) is 11.9. The van der Waals surface area contributed by atoms with Gasteiger partial charge < -0.3 is 10.1 Å². The van der Waals surface area contributed by atoms with Crippen LogP contribution in [0.25, 0.3) is 0 Å². The summed E-state index contributed by atoms with van der Waals surface area (Å²) >= 11 is 5.66. The van der Waals surface area contributed by atoms with Crippen molar-refractivity contribution < 1.29 is 19.2 Å². The smallest absolute Gasteiger partial charge is 0.338 e. The number of rotatable bonds is 5. The van der Waals surface area contributed by atoms with Crippen molar-refractivity contribution in [1.29, 1.82) is 5.26 Å². The second-order valence-electron chi connectivity index (χ2n) is 4.74. The monoisotopic (exact) mass is 359 g/mol. The van der Waals surface area contributed by atoms with Gasteiger partial charge in [0, 0.05) is 11.8 Å². The number of ether oxygens (including phenoxy) is 1. The summed E-state index contributed by atoms with van der Waals surface area (Å²) in [6, 6.07) is 11.5. The number of nitriles is 1. The number of nitro groups is 1. The van der Waals surface area contributed by atoms with Gasteiger partial charge in [-0.2, -0.15) is 5.26 Å². The average molecular weight is 360 g/mol.